The van der Waals surface area contributed by atoms with E-state index in [1.807, 2.05) is 49.1 Å². The van der Waals surface area contributed by atoms with Crippen LogP contribution in [0.15, 0.2) is 70.6 Å². The number of nitrogens with zero attached hydrogens (tertiary/aromatic N) is 3. The third kappa shape index (κ3) is 3.22. The van der Waals surface area contributed by atoms with E-state index in [1.54, 1.807) is 0 Å². The van der Waals surface area contributed by atoms with E-state index in [1.165, 1.54) is 0 Å². The van der Waals surface area contributed by atoms with Crippen molar-refractivity contribution < 1.29 is 0 Å². The molecular formula is C21H20ClN5. The number of aliphatic imine (C=N–C) groups is 2. The van der Waals surface area contributed by atoms with Crippen LogP contribution in [-0.4, -0.2) is 17.6 Å². The Morgan fingerprint density at radius 1 is 0.852 bits per heavy atom. The average Bonchev–Trinajstić information content (AvgIpc) is 2.60. The molecule has 0 unspecified atom stereocenters. The van der Waals surface area contributed by atoms with Crippen LogP contribution in [0.1, 0.15) is 13.8 Å². The molecule has 3 aromatic rings. The first kappa shape index (κ1) is 17.4. The summed E-state index contributed by atoms with van der Waals surface area (Å²) in [7, 11) is 0. The number of rotatable bonds is 2. The van der Waals surface area contributed by atoms with Crippen molar-refractivity contribution in [2.75, 3.05) is 4.90 Å². The van der Waals surface area contributed by atoms with E-state index in [0.717, 1.165) is 32.6 Å². The van der Waals surface area contributed by atoms with E-state index < -0.39 is 5.66 Å². The standard InChI is InChI=1S/C21H20ClN5/c1-21(2)26-19(23)25-20(24)27(21)18-9-6-13(7-10-18)14-3-4-16-12-17(22)8-5-15(16)11-14/h3-12H,1-2H3,(H4,23,24,25,26). The number of guanidine groups is 2. The van der Waals surface area contributed by atoms with Crippen LogP contribution in [0, 0.1) is 0 Å². The topological polar surface area (TPSA) is 80.0 Å². The van der Waals surface area contributed by atoms with Gasteiger partial charge < -0.3 is 11.5 Å². The fourth-order valence-electron chi connectivity index (χ4n) is 3.45. The minimum absolute atomic E-state index is 0.196. The first-order valence-electron chi connectivity index (χ1n) is 8.63. The first-order valence-corrected chi connectivity index (χ1v) is 9.01. The average molecular weight is 378 g/mol. The van der Waals surface area contributed by atoms with Gasteiger partial charge in [0.25, 0.3) is 0 Å². The summed E-state index contributed by atoms with van der Waals surface area (Å²) in [6.45, 7) is 3.90. The van der Waals surface area contributed by atoms with Crippen molar-refractivity contribution in [3.63, 3.8) is 0 Å². The predicted octanol–water partition coefficient (Wildman–Crippen LogP) is 4.35. The van der Waals surface area contributed by atoms with Crippen LogP contribution in [-0.2, 0) is 0 Å². The number of hydrogen-bond donors (Lipinski definition) is 2. The van der Waals surface area contributed by atoms with Gasteiger partial charge in [-0.3, -0.25) is 4.90 Å². The summed E-state index contributed by atoms with van der Waals surface area (Å²) < 4.78 is 0. The van der Waals surface area contributed by atoms with Gasteiger partial charge in [-0.1, -0.05) is 41.9 Å². The van der Waals surface area contributed by atoms with Gasteiger partial charge in [-0.15, -0.1) is 0 Å². The SMILES string of the molecule is CC1(C)N=C(N)N=C(N)N1c1ccc(-c2ccc3cc(Cl)ccc3c2)cc1. The van der Waals surface area contributed by atoms with Crippen molar-refractivity contribution in [1.82, 2.24) is 0 Å². The minimum atomic E-state index is -0.598. The molecule has 6 heteroatoms. The summed E-state index contributed by atoms with van der Waals surface area (Å²) in [5, 5.41) is 3.02. The van der Waals surface area contributed by atoms with Gasteiger partial charge in [0.2, 0.25) is 11.9 Å². The van der Waals surface area contributed by atoms with E-state index in [4.69, 9.17) is 23.1 Å². The van der Waals surface area contributed by atoms with Crippen LogP contribution < -0.4 is 16.4 Å². The molecular weight excluding hydrogens is 358 g/mol. The zero-order valence-corrected chi connectivity index (χ0v) is 15.9. The Kier molecular flexibility index (Phi) is 4.04. The van der Waals surface area contributed by atoms with Crippen LogP contribution in [0.3, 0.4) is 0 Å². The normalized spacial score (nSPS) is 16.2. The summed E-state index contributed by atoms with van der Waals surface area (Å²) in [6, 6.07) is 20.4. The van der Waals surface area contributed by atoms with Crippen LogP contribution in [0.25, 0.3) is 21.9 Å². The molecule has 0 spiro atoms. The highest BCUT2D eigenvalue weighted by Gasteiger charge is 2.32. The third-order valence-electron chi connectivity index (χ3n) is 4.65. The Morgan fingerprint density at radius 2 is 1.48 bits per heavy atom. The van der Waals surface area contributed by atoms with Gasteiger partial charge in [0, 0.05) is 10.7 Å². The molecule has 4 rings (SSSR count). The Bertz CT molecular complexity index is 1080. The second-order valence-corrected chi connectivity index (χ2v) is 7.46. The van der Waals surface area contributed by atoms with Gasteiger partial charge in [-0.05, 0) is 66.1 Å². The monoisotopic (exact) mass is 377 g/mol. The number of nitrogens with two attached hydrogens (primary N) is 2. The summed E-state index contributed by atoms with van der Waals surface area (Å²) >= 11 is 6.07. The fraction of sp³-hybridized carbons (Fsp3) is 0.143. The summed E-state index contributed by atoms with van der Waals surface area (Å²) in [6.07, 6.45) is 0. The summed E-state index contributed by atoms with van der Waals surface area (Å²) in [5.74, 6) is 0.532. The van der Waals surface area contributed by atoms with Crippen molar-refractivity contribution in [3.05, 3.63) is 65.7 Å². The van der Waals surface area contributed by atoms with Gasteiger partial charge >= 0.3 is 0 Å². The number of anilines is 1. The van der Waals surface area contributed by atoms with Crippen LogP contribution in [0.2, 0.25) is 5.02 Å². The largest absolute Gasteiger partial charge is 0.369 e. The second-order valence-electron chi connectivity index (χ2n) is 7.02. The molecule has 0 radical (unpaired) electrons. The minimum Gasteiger partial charge on any atom is -0.369 e. The highest BCUT2D eigenvalue weighted by Crippen LogP contribution is 2.31. The number of halogens is 1. The molecule has 5 nitrogen and oxygen atoms in total. The molecule has 0 saturated carbocycles. The maximum atomic E-state index is 6.10. The lowest BCUT2D eigenvalue weighted by molar-refractivity contribution is 0.534. The quantitative estimate of drug-likeness (QED) is 0.696. The van der Waals surface area contributed by atoms with Crippen LogP contribution in [0.5, 0.6) is 0 Å². The molecule has 0 bridgehead atoms. The van der Waals surface area contributed by atoms with Crippen molar-refractivity contribution in [2.45, 2.75) is 19.5 Å². The van der Waals surface area contributed by atoms with Crippen molar-refractivity contribution in [3.8, 4) is 11.1 Å². The lowest BCUT2D eigenvalue weighted by Crippen LogP contribution is -2.54. The van der Waals surface area contributed by atoms with Crippen LogP contribution >= 0.6 is 11.6 Å². The Balaban J connectivity index is 1.68. The number of hydrogen-bond acceptors (Lipinski definition) is 5. The smallest absolute Gasteiger partial charge is 0.220 e. The van der Waals surface area contributed by atoms with Crippen LogP contribution in [0.4, 0.5) is 5.69 Å². The van der Waals surface area contributed by atoms with Crippen molar-refractivity contribution in [2.24, 2.45) is 21.5 Å². The molecule has 0 aliphatic carbocycles. The van der Waals surface area contributed by atoms with Gasteiger partial charge in [0.1, 0.15) is 5.66 Å². The van der Waals surface area contributed by atoms with E-state index in [-0.39, 0.29) is 5.96 Å². The van der Waals surface area contributed by atoms with E-state index >= 15 is 0 Å². The fourth-order valence-corrected chi connectivity index (χ4v) is 3.63. The molecule has 27 heavy (non-hydrogen) atoms. The molecule has 136 valence electrons. The van der Waals surface area contributed by atoms with Gasteiger partial charge in [-0.25, -0.2) is 4.99 Å². The summed E-state index contributed by atoms with van der Waals surface area (Å²) in [4.78, 5) is 10.4. The molecule has 0 aromatic heterocycles. The lowest BCUT2D eigenvalue weighted by Gasteiger charge is -2.38. The van der Waals surface area contributed by atoms with Gasteiger partial charge in [-0.2, -0.15) is 4.99 Å². The van der Waals surface area contributed by atoms with Gasteiger partial charge in [0.15, 0.2) is 0 Å². The van der Waals surface area contributed by atoms with E-state index in [0.29, 0.717) is 5.96 Å². The molecule has 1 heterocycles. The molecule has 4 N–H and O–H groups in total. The second kappa shape index (κ2) is 6.28. The molecule has 1 aliphatic rings. The number of fused-ring (bicyclic) bond motifs is 1. The van der Waals surface area contributed by atoms with E-state index in [2.05, 4.69) is 40.3 Å². The summed E-state index contributed by atoms with van der Waals surface area (Å²) in [5.41, 5.74) is 14.4. The maximum Gasteiger partial charge on any atom is 0.220 e. The maximum absolute atomic E-state index is 6.10. The molecule has 0 atom stereocenters. The molecule has 0 fully saturated rings. The van der Waals surface area contributed by atoms with E-state index in [9.17, 15) is 0 Å². The zero-order valence-electron chi connectivity index (χ0n) is 15.1. The highest BCUT2D eigenvalue weighted by molar-refractivity contribution is 6.31. The van der Waals surface area contributed by atoms with Crippen molar-refractivity contribution in [1.29, 1.82) is 0 Å². The number of benzene rings is 3. The van der Waals surface area contributed by atoms with Gasteiger partial charge in [0.05, 0.1) is 0 Å². The first-order chi connectivity index (χ1) is 12.8. The third-order valence-corrected chi connectivity index (χ3v) is 4.89. The Labute approximate surface area is 163 Å². The Hall–Kier alpha value is -3.05. The van der Waals surface area contributed by atoms with Crippen molar-refractivity contribution >= 4 is 40.0 Å². The molecule has 0 saturated heterocycles. The molecule has 0 amide bonds. The zero-order chi connectivity index (χ0) is 19.2. The molecule has 1 aliphatic heterocycles. The lowest BCUT2D eigenvalue weighted by atomic mass is 10.0. The predicted molar refractivity (Wildman–Crippen MR) is 114 cm³/mol. The highest BCUT2D eigenvalue weighted by atomic mass is 35.5. The Morgan fingerprint density at radius 3 is 2.19 bits per heavy atom. The molecule has 3 aromatic carbocycles.